The van der Waals surface area contributed by atoms with Crippen molar-refractivity contribution in [2.75, 3.05) is 0 Å². The average Bonchev–Trinajstić information content (AvgIpc) is 2.67. The number of rotatable bonds is 5. The molecule has 1 aromatic heterocycles. The monoisotopic (exact) mass is 348 g/mol. The number of carboxylic acids is 1. The van der Waals surface area contributed by atoms with Gasteiger partial charge in [-0.3, -0.25) is 9.78 Å². The Morgan fingerprint density at radius 1 is 0.923 bits per heavy atom. The lowest BCUT2D eigenvalue weighted by Crippen LogP contribution is -2.23. The molecule has 0 bridgehead atoms. The first-order valence-electron chi connectivity index (χ1n) is 7.89. The van der Waals surface area contributed by atoms with Crippen LogP contribution < -0.4 is 5.32 Å². The molecule has 3 N–H and O–H groups in total. The molecule has 2 aromatic carbocycles. The molecule has 0 spiro atoms. The van der Waals surface area contributed by atoms with Crippen LogP contribution in [0.25, 0.3) is 11.1 Å². The second-order valence-electron chi connectivity index (χ2n) is 5.61. The van der Waals surface area contributed by atoms with Gasteiger partial charge in [-0.2, -0.15) is 0 Å². The first-order chi connectivity index (χ1) is 12.6. The Morgan fingerprint density at radius 3 is 2.23 bits per heavy atom. The van der Waals surface area contributed by atoms with Crippen molar-refractivity contribution in [2.24, 2.45) is 0 Å². The lowest BCUT2D eigenvalue weighted by Gasteiger charge is -2.09. The van der Waals surface area contributed by atoms with Crippen molar-refractivity contribution >= 4 is 11.9 Å². The number of carboxylic acid groups (broad SMARTS) is 1. The summed E-state index contributed by atoms with van der Waals surface area (Å²) >= 11 is 0. The maximum Gasteiger partial charge on any atom is 0.339 e. The SMILES string of the molecule is O=C(NCc1cccc(C(=O)O)c1O)c1ccc(-c2ccncc2)cc1. The van der Waals surface area contributed by atoms with Gasteiger partial charge in [-0.15, -0.1) is 0 Å². The number of aromatic nitrogens is 1. The zero-order chi connectivity index (χ0) is 18.5. The maximum absolute atomic E-state index is 12.3. The molecule has 0 aliphatic rings. The number of para-hydroxylation sites is 1. The van der Waals surface area contributed by atoms with Gasteiger partial charge in [0.2, 0.25) is 0 Å². The van der Waals surface area contributed by atoms with Crippen molar-refractivity contribution < 1.29 is 19.8 Å². The van der Waals surface area contributed by atoms with Gasteiger partial charge < -0.3 is 15.5 Å². The van der Waals surface area contributed by atoms with Gasteiger partial charge in [-0.25, -0.2) is 4.79 Å². The largest absolute Gasteiger partial charge is 0.507 e. The van der Waals surface area contributed by atoms with Crippen molar-refractivity contribution in [1.29, 1.82) is 0 Å². The fourth-order valence-corrected chi connectivity index (χ4v) is 2.54. The van der Waals surface area contributed by atoms with Crippen LogP contribution in [-0.2, 0) is 6.54 Å². The molecule has 0 unspecified atom stereocenters. The van der Waals surface area contributed by atoms with Crippen LogP contribution in [0.3, 0.4) is 0 Å². The Labute approximate surface area is 149 Å². The number of hydrogen-bond acceptors (Lipinski definition) is 4. The zero-order valence-corrected chi connectivity index (χ0v) is 13.7. The second kappa shape index (κ2) is 7.48. The summed E-state index contributed by atoms with van der Waals surface area (Å²) < 4.78 is 0. The van der Waals surface area contributed by atoms with Crippen LogP contribution in [0.1, 0.15) is 26.3 Å². The van der Waals surface area contributed by atoms with E-state index in [0.29, 0.717) is 11.1 Å². The molecule has 0 radical (unpaired) electrons. The smallest absolute Gasteiger partial charge is 0.339 e. The summed E-state index contributed by atoms with van der Waals surface area (Å²) in [6, 6.07) is 15.3. The van der Waals surface area contributed by atoms with Gasteiger partial charge in [-0.1, -0.05) is 24.3 Å². The molecule has 0 saturated carbocycles. The van der Waals surface area contributed by atoms with Gasteiger partial charge in [0.1, 0.15) is 11.3 Å². The molecule has 130 valence electrons. The highest BCUT2D eigenvalue weighted by Crippen LogP contribution is 2.22. The molecular formula is C20H16N2O4. The molecule has 0 aliphatic carbocycles. The van der Waals surface area contributed by atoms with E-state index in [0.717, 1.165) is 11.1 Å². The predicted molar refractivity (Wildman–Crippen MR) is 95.9 cm³/mol. The van der Waals surface area contributed by atoms with Crippen molar-refractivity contribution in [2.45, 2.75) is 6.54 Å². The van der Waals surface area contributed by atoms with E-state index in [-0.39, 0.29) is 23.8 Å². The molecule has 0 fully saturated rings. The van der Waals surface area contributed by atoms with Gasteiger partial charge in [0.15, 0.2) is 0 Å². The number of nitrogens with one attached hydrogen (secondary N) is 1. The number of hydrogen-bond donors (Lipinski definition) is 3. The predicted octanol–water partition coefficient (Wildman–Crippen LogP) is 3.08. The molecule has 0 saturated heterocycles. The molecular weight excluding hydrogens is 332 g/mol. The lowest BCUT2D eigenvalue weighted by molar-refractivity contribution is 0.0693. The van der Waals surface area contributed by atoms with E-state index >= 15 is 0 Å². The van der Waals surface area contributed by atoms with E-state index in [1.807, 2.05) is 24.3 Å². The first-order valence-corrected chi connectivity index (χ1v) is 7.89. The van der Waals surface area contributed by atoms with E-state index in [4.69, 9.17) is 5.11 Å². The van der Waals surface area contributed by atoms with Gasteiger partial charge in [-0.05, 0) is 41.5 Å². The molecule has 3 rings (SSSR count). The normalized spacial score (nSPS) is 10.3. The van der Waals surface area contributed by atoms with Crippen LogP contribution in [0.15, 0.2) is 67.0 Å². The first kappa shape index (κ1) is 17.2. The second-order valence-corrected chi connectivity index (χ2v) is 5.61. The third kappa shape index (κ3) is 3.70. The van der Waals surface area contributed by atoms with Crippen molar-refractivity contribution in [3.05, 3.63) is 83.7 Å². The van der Waals surface area contributed by atoms with Crippen LogP contribution >= 0.6 is 0 Å². The Balaban J connectivity index is 1.69. The van der Waals surface area contributed by atoms with E-state index < -0.39 is 5.97 Å². The number of carbonyl (C=O) groups is 2. The minimum atomic E-state index is -1.22. The molecule has 6 heteroatoms. The van der Waals surface area contributed by atoms with E-state index in [1.165, 1.54) is 12.1 Å². The van der Waals surface area contributed by atoms with Crippen molar-refractivity contribution in [1.82, 2.24) is 10.3 Å². The molecule has 3 aromatic rings. The number of benzene rings is 2. The summed E-state index contributed by atoms with van der Waals surface area (Å²) in [5, 5.41) is 21.7. The average molecular weight is 348 g/mol. The topological polar surface area (TPSA) is 99.5 Å². The van der Waals surface area contributed by atoms with Crippen molar-refractivity contribution in [3.63, 3.8) is 0 Å². The minimum Gasteiger partial charge on any atom is -0.507 e. The number of carbonyl (C=O) groups excluding carboxylic acids is 1. The third-order valence-corrected chi connectivity index (χ3v) is 3.95. The van der Waals surface area contributed by atoms with Crippen LogP contribution in [0.5, 0.6) is 5.75 Å². The van der Waals surface area contributed by atoms with Crippen LogP contribution in [0, 0.1) is 0 Å². The minimum absolute atomic E-state index is 0.0257. The highest BCUT2D eigenvalue weighted by atomic mass is 16.4. The number of amides is 1. The Bertz CT molecular complexity index is 938. The summed E-state index contributed by atoms with van der Waals surface area (Å²) in [6.45, 7) is 0.0257. The lowest BCUT2D eigenvalue weighted by atomic mass is 10.0. The number of nitrogens with zero attached hydrogens (tertiary/aromatic N) is 1. The van der Waals surface area contributed by atoms with E-state index in [2.05, 4.69) is 10.3 Å². The summed E-state index contributed by atoms with van der Waals surface area (Å²) in [7, 11) is 0. The highest BCUT2D eigenvalue weighted by Gasteiger charge is 2.14. The van der Waals surface area contributed by atoms with Crippen LogP contribution in [0.2, 0.25) is 0 Å². The van der Waals surface area contributed by atoms with Crippen LogP contribution in [-0.4, -0.2) is 27.1 Å². The third-order valence-electron chi connectivity index (χ3n) is 3.95. The van der Waals surface area contributed by atoms with Crippen LogP contribution in [0.4, 0.5) is 0 Å². The Morgan fingerprint density at radius 2 is 1.58 bits per heavy atom. The van der Waals surface area contributed by atoms with E-state index in [1.54, 1.807) is 30.6 Å². The summed E-state index contributed by atoms with van der Waals surface area (Å²) in [4.78, 5) is 27.3. The molecule has 0 atom stereocenters. The standard InChI is InChI=1S/C20H16N2O4/c23-18-16(2-1-3-17(18)20(25)26)12-22-19(24)15-6-4-13(5-7-15)14-8-10-21-11-9-14/h1-11,23H,12H2,(H,22,24)(H,25,26). The van der Waals surface area contributed by atoms with E-state index in [9.17, 15) is 14.7 Å². The zero-order valence-electron chi connectivity index (χ0n) is 13.7. The Hall–Kier alpha value is -3.67. The van der Waals surface area contributed by atoms with Crippen molar-refractivity contribution in [3.8, 4) is 16.9 Å². The molecule has 1 amide bonds. The summed E-state index contributed by atoms with van der Waals surface area (Å²) in [5.74, 6) is -1.87. The number of phenols is 1. The molecule has 6 nitrogen and oxygen atoms in total. The van der Waals surface area contributed by atoms with Gasteiger partial charge >= 0.3 is 5.97 Å². The summed E-state index contributed by atoms with van der Waals surface area (Å²) in [6.07, 6.45) is 3.40. The quantitative estimate of drug-likeness (QED) is 0.658. The Kier molecular flexibility index (Phi) is 4.94. The molecule has 0 aliphatic heterocycles. The number of aromatic hydroxyl groups is 1. The van der Waals surface area contributed by atoms with Gasteiger partial charge in [0.05, 0.1) is 0 Å². The fraction of sp³-hybridized carbons (Fsp3) is 0.0500. The molecule has 26 heavy (non-hydrogen) atoms. The number of aromatic carboxylic acids is 1. The summed E-state index contributed by atoms with van der Waals surface area (Å²) in [5.41, 5.74) is 2.58. The van der Waals surface area contributed by atoms with Gasteiger partial charge in [0, 0.05) is 30.1 Å². The fourth-order valence-electron chi connectivity index (χ4n) is 2.54. The van der Waals surface area contributed by atoms with Gasteiger partial charge in [0.25, 0.3) is 5.91 Å². The highest BCUT2D eigenvalue weighted by molar-refractivity contribution is 5.95. The molecule has 1 heterocycles. The number of pyridine rings is 1. The maximum atomic E-state index is 12.3.